The highest BCUT2D eigenvalue weighted by Crippen LogP contribution is 2.45. The Labute approximate surface area is 201 Å². The number of ether oxygens (including phenoxy) is 1. The summed E-state index contributed by atoms with van der Waals surface area (Å²) in [6, 6.07) is 13.2. The summed E-state index contributed by atoms with van der Waals surface area (Å²) in [6.45, 7) is 2.04. The molecule has 1 aromatic heterocycles. The number of carbonyl (C=O) groups excluding carboxylic acids is 1. The largest absolute Gasteiger partial charge is 0.504 e. The number of fused-ring (bicyclic) bond motifs is 1. The molecule has 2 heterocycles. The quantitative estimate of drug-likeness (QED) is 0.364. The van der Waals surface area contributed by atoms with E-state index in [0.29, 0.717) is 52.0 Å². The van der Waals surface area contributed by atoms with Crippen LogP contribution < -0.4 is 15.6 Å². The molecule has 2 aromatic carbocycles. The summed E-state index contributed by atoms with van der Waals surface area (Å²) >= 11 is 1.45. The molecule has 1 unspecified atom stereocenters. The van der Waals surface area contributed by atoms with E-state index in [9.17, 15) is 14.7 Å². The minimum Gasteiger partial charge on any atom is -0.504 e. The van der Waals surface area contributed by atoms with Gasteiger partial charge in [0.15, 0.2) is 22.4 Å². The van der Waals surface area contributed by atoms with Gasteiger partial charge in [-0.2, -0.15) is 0 Å². The standard InChI is InChI=1S/C26H25N3O4S/c1-14-6-8-15(9-7-14)13-34-26-28-24-23(25(32)29-26)21(16-10-11-20(33-2)19(31)12-16)22-17(27-24)4-3-5-18(22)30/h6-12,21,31H,3-5,13H2,1-2H3,(H2,27,28,29,32). The molecule has 3 N–H and O–H groups in total. The van der Waals surface area contributed by atoms with Gasteiger partial charge in [0.2, 0.25) is 0 Å². The fraction of sp³-hybridized carbons (Fsp3) is 0.269. The molecule has 34 heavy (non-hydrogen) atoms. The maximum Gasteiger partial charge on any atom is 0.257 e. The molecule has 1 aliphatic carbocycles. The van der Waals surface area contributed by atoms with Gasteiger partial charge in [-0.3, -0.25) is 9.59 Å². The van der Waals surface area contributed by atoms with Gasteiger partial charge in [0, 0.05) is 29.4 Å². The first kappa shape index (κ1) is 22.3. The average molecular weight is 476 g/mol. The Bertz CT molecular complexity index is 1360. The van der Waals surface area contributed by atoms with E-state index in [2.05, 4.69) is 34.6 Å². The van der Waals surface area contributed by atoms with Crippen molar-refractivity contribution in [1.29, 1.82) is 0 Å². The molecule has 2 aliphatic rings. The first-order valence-corrected chi connectivity index (χ1v) is 12.2. The number of Topliss-reactive ketones (excluding diaryl/α,β-unsaturated/α-hetero) is 1. The Morgan fingerprint density at radius 2 is 1.94 bits per heavy atom. The lowest BCUT2D eigenvalue weighted by molar-refractivity contribution is -0.116. The molecule has 0 amide bonds. The van der Waals surface area contributed by atoms with Crippen LogP contribution in [0.15, 0.2) is 63.7 Å². The van der Waals surface area contributed by atoms with Crippen molar-refractivity contribution in [3.05, 3.63) is 86.3 Å². The second kappa shape index (κ2) is 9.02. The number of hydrogen-bond donors (Lipinski definition) is 3. The van der Waals surface area contributed by atoms with Crippen LogP contribution in [0.1, 0.15) is 47.4 Å². The van der Waals surface area contributed by atoms with E-state index in [1.54, 1.807) is 18.2 Å². The monoisotopic (exact) mass is 475 g/mol. The Kier molecular flexibility index (Phi) is 5.91. The highest BCUT2D eigenvalue weighted by atomic mass is 32.2. The van der Waals surface area contributed by atoms with E-state index in [0.717, 1.165) is 17.7 Å². The summed E-state index contributed by atoms with van der Waals surface area (Å²) in [6.07, 6.45) is 1.89. The van der Waals surface area contributed by atoms with Gasteiger partial charge in [-0.15, -0.1) is 0 Å². The number of rotatable bonds is 5. The lowest BCUT2D eigenvalue weighted by Crippen LogP contribution is -2.32. The fourth-order valence-electron chi connectivity index (χ4n) is 4.56. The number of aromatic hydroxyl groups is 1. The number of anilines is 1. The number of methoxy groups -OCH3 is 1. The zero-order valence-electron chi connectivity index (χ0n) is 19.0. The smallest absolute Gasteiger partial charge is 0.257 e. The Morgan fingerprint density at radius 1 is 1.15 bits per heavy atom. The number of aryl methyl sites for hydroxylation is 1. The van der Waals surface area contributed by atoms with Crippen molar-refractivity contribution in [2.45, 2.75) is 43.0 Å². The molecule has 174 valence electrons. The van der Waals surface area contributed by atoms with E-state index in [-0.39, 0.29) is 17.1 Å². The van der Waals surface area contributed by atoms with Gasteiger partial charge < -0.3 is 20.1 Å². The normalized spacial score (nSPS) is 17.1. The van der Waals surface area contributed by atoms with Gasteiger partial charge >= 0.3 is 0 Å². The van der Waals surface area contributed by atoms with Crippen LogP contribution in [0.4, 0.5) is 5.82 Å². The van der Waals surface area contributed by atoms with Gasteiger partial charge in [-0.05, 0) is 43.0 Å². The predicted octanol–water partition coefficient (Wildman–Crippen LogP) is 4.65. The Morgan fingerprint density at radius 3 is 2.68 bits per heavy atom. The summed E-state index contributed by atoms with van der Waals surface area (Å²) in [5.41, 5.74) is 4.45. The van der Waals surface area contributed by atoms with E-state index >= 15 is 0 Å². The number of allylic oxidation sites excluding steroid dienone is 2. The zero-order chi connectivity index (χ0) is 23.8. The van der Waals surface area contributed by atoms with Crippen LogP contribution in [0, 0.1) is 6.92 Å². The predicted molar refractivity (Wildman–Crippen MR) is 132 cm³/mol. The summed E-state index contributed by atoms with van der Waals surface area (Å²) < 4.78 is 5.17. The number of ketones is 1. The zero-order valence-corrected chi connectivity index (χ0v) is 19.8. The lowest BCUT2D eigenvalue weighted by atomic mass is 9.76. The molecular weight excluding hydrogens is 450 g/mol. The number of hydrogen-bond acceptors (Lipinski definition) is 7. The number of phenolic OH excluding ortho intramolecular Hbond substituents is 1. The van der Waals surface area contributed by atoms with Crippen molar-refractivity contribution in [3.8, 4) is 11.5 Å². The number of benzene rings is 2. The summed E-state index contributed by atoms with van der Waals surface area (Å²) in [5, 5.41) is 14.2. The first-order chi connectivity index (χ1) is 16.4. The van der Waals surface area contributed by atoms with Gasteiger partial charge in [-0.1, -0.05) is 47.7 Å². The van der Waals surface area contributed by atoms with Crippen molar-refractivity contribution in [1.82, 2.24) is 9.97 Å². The van der Waals surface area contributed by atoms with Crippen LogP contribution in [0.3, 0.4) is 0 Å². The topological polar surface area (TPSA) is 104 Å². The molecule has 0 radical (unpaired) electrons. The number of phenols is 1. The van der Waals surface area contributed by atoms with E-state index < -0.39 is 5.92 Å². The third kappa shape index (κ3) is 4.09. The highest BCUT2D eigenvalue weighted by molar-refractivity contribution is 7.98. The van der Waals surface area contributed by atoms with E-state index in [4.69, 9.17) is 9.72 Å². The van der Waals surface area contributed by atoms with Crippen molar-refractivity contribution in [2.24, 2.45) is 0 Å². The van der Waals surface area contributed by atoms with Crippen LogP contribution in [0.5, 0.6) is 11.5 Å². The summed E-state index contributed by atoms with van der Waals surface area (Å²) in [4.78, 5) is 33.9. The van der Waals surface area contributed by atoms with Crippen LogP contribution >= 0.6 is 11.8 Å². The van der Waals surface area contributed by atoms with Crippen molar-refractivity contribution < 1.29 is 14.6 Å². The van der Waals surface area contributed by atoms with Crippen LogP contribution in [-0.2, 0) is 10.5 Å². The molecule has 5 rings (SSSR count). The van der Waals surface area contributed by atoms with Crippen LogP contribution in [0.25, 0.3) is 0 Å². The number of aromatic nitrogens is 2. The molecule has 0 bridgehead atoms. The van der Waals surface area contributed by atoms with Crippen molar-refractivity contribution in [3.63, 3.8) is 0 Å². The number of nitrogens with one attached hydrogen (secondary N) is 2. The number of aromatic amines is 1. The molecular formula is C26H25N3O4S. The molecule has 3 aromatic rings. The minimum absolute atomic E-state index is 0.0110. The maximum absolute atomic E-state index is 13.3. The van der Waals surface area contributed by atoms with Gasteiger partial charge in [0.05, 0.1) is 12.7 Å². The number of thioether (sulfide) groups is 1. The molecule has 1 aliphatic heterocycles. The maximum atomic E-state index is 13.3. The first-order valence-electron chi connectivity index (χ1n) is 11.2. The van der Waals surface area contributed by atoms with Crippen molar-refractivity contribution in [2.75, 3.05) is 12.4 Å². The summed E-state index contributed by atoms with van der Waals surface area (Å²) in [5.74, 6) is 0.825. The number of nitrogens with zero attached hydrogens (tertiary/aromatic N) is 1. The van der Waals surface area contributed by atoms with Gasteiger partial charge in [0.1, 0.15) is 5.82 Å². The molecule has 0 saturated heterocycles. The van der Waals surface area contributed by atoms with Crippen LogP contribution in [-0.4, -0.2) is 28.0 Å². The molecule has 0 spiro atoms. The minimum atomic E-state index is -0.608. The molecule has 0 fully saturated rings. The summed E-state index contributed by atoms with van der Waals surface area (Å²) in [7, 11) is 1.48. The van der Waals surface area contributed by atoms with Gasteiger partial charge in [0.25, 0.3) is 5.56 Å². The molecule has 7 nitrogen and oxygen atoms in total. The highest BCUT2D eigenvalue weighted by Gasteiger charge is 2.38. The second-order valence-corrected chi connectivity index (χ2v) is 9.53. The lowest BCUT2D eigenvalue weighted by Gasteiger charge is -2.32. The SMILES string of the molecule is COc1ccc(C2C3=C(CCCC3=O)Nc3nc(SCc4ccc(C)cc4)[nH]c(=O)c32)cc1O. The van der Waals surface area contributed by atoms with E-state index in [1.165, 1.54) is 24.4 Å². The van der Waals surface area contributed by atoms with Crippen molar-refractivity contribution >= 4 is 23.4 Å². The average Bonchev–Trinajstić information content (AvgIpc) is 2.82. The Hall–Kier alpha value is -3.52. The van der Waals surface area contributed by atoms with Crippen LogP contribution in [0.2, 0.25) is 0 Å². The third-order valence-electron chi connectivity index (χ3n) is 6.27. The second-order valence-electron chi connectivity index (χ2n) is 8.57. The fourth-order valence-corrected chi connectivity index (χ4v) is 5.38. The molecule has 8 heteroatoms. The number of H-pyrrole nitrogens is 1. The number of carbonyl (C=O) groups is 1. The molecule has 0 saturated carbocycles. The molecule has 1 atom stereocenters. The van der Waals surface area contributed by atoms with E-state index in [1.807, 2.05) is 6.92 Å². The third-order valence-corrected chi connectivity index (χ3v) is 7.21. The van der Waals surface area contributed by atoms with Gasteiger partial charge in [-0.25, -0.2) is 4.98 Å². The Balaban J connectivity index is 1.56.